The SMILES string of the molecule is COc1ccc(OCc2ccc(Cl)cc2)c([N+](=O)[O-])c1. The summed E-state index contributed by atoms with van der Waals surface area (Å²) in [5.41, 5.74) is 0.748. The van der Waals surface area contributed by atoms with Crippen molar-refractivity contribution >= 4 is 17.3 Å². The second-order valence-electron chi connectivity index (χ2n) is 4.01. The van der Waals surface area contributed by atoms with E-state index in [-0.39, 0.29) is 18.0 Å². The summed E-state index contributed by atoms with van der Waals surface area (Å²) in [6, 6.07) is 11.6. The van der Waals surface area contributed by atoms with E-state index in [0.717, 1.165) is 5.56 Å². The quantitative estimate of drug-likeness (QED) is 0.621. The number of rotatable bonds is 5. The fraction of sp³-hybridized carbons (Fsp3) is 0.143. The lowest BCUT2D eigenvalue weighted by Gasteiger charge is -2.08. The minimum absolute atomic E-state index is 0.127. The molecule has 0 aliphatic rings. The number of halogens is 1. The van der Waals surface area contributed by atoms with Crippen LogP contribution in [0.5, 0.6) is 11.5 Å². The maximum absolute atomic E-state index is 11.0. The second-order valence-corrected chi connectivity index (χ2v) is 4.44. The lowest BCUT2D eigenvalue weighted by Crippen LogP contribution is -1.99. The van der Waals surface area contributed by atoms with Crippen LogP contribution < -0.4 is 9.47 Å². The first-order valence-corrected chi connectivity index (χ1v) is 6.17. The zero-order valence-corrected chi connectivity index (χ0v) is 11.5. The molecule has 0 unspecified atom stereocenters. The van der Waals surface area contributed by atoms with Crippen molar-refractivity contribution in [2.75, 3.05) is 7.11 Å². The Kier molecular flexibility index (Phi) is 4.42. The van der Waals surface area contributed by atoms with Crippen LogP contribution in [-0.2, 0) is 6.61 Å². The molecule has 0 amide bonds. The maximum atomic E-state index is 11.0. The zero-order chi connectivity index (χ0) is 14.5. The monoisotopic (exact) mass is 293 g/mol. The molecular weight excluding hydrogens is 282 g/mol. The van der Waals surface area contributed by atoms with Gasteiger partial charge in [-0.25, -0.2) is 0 Å². The third kappa shape index (κ3) is 3.39. The highest BCUT2D eigenvalue weighted by atomic mass is 35.5. The van der Waals surface area contributed by atoms with Crippen molar-refractivity contribution in [3.8, 4) is 11.5 Å². The summed E-state index contributed by atoms with van der Waals surface area (Å²) in [5, 5.41) is 11.6. The van der Waals surface area contributed by atoms with E-state index in [1.165, 1.54) is 19.2 Å². The average Bonchev–Trinajstić information content (AvgIpc) is 2.46. The third-order valence-corrected chi connectivity index (χ3v) is 2.92. The van der Waals surface area contributed by atoms with Gasteiger partial charge in [-0.1, -0.05) is 23.7 Å². The van der Waals surface area contributed by atoms with Crippen molar-refractivity contribution in [2.24, 2.45) is 0 Å². The Morgan fingerprint density at radius 2 is 1.90 bits per heavy atom. The molecule has 20 heavy (non-hydrogen) atoms. The van der Waals surface area contributed by atoms with Gasteiger partial charge < -0.3 is 9.47 Å². The largest absolute Gasteiger partial charge is 0.496 e. The molecule has 2 rings (SSSR count). The Bertz CT molecular complexity index is 613. The molecule has 0 radical (unpaired) electrons. The lowest BCUT2D eigenvalue weighted by atomic mass is 10.2. The highest BCUT2D eigenvalue weighted by molar-refractivity contribution is 6.30. The van der Waals surface area contributed by atoms with E-state index in [2.05, 4.69) is 0 Å². The lowest BCUT2D eigenvalue weighted by molar-refractivity contribution is -0.386. The number of nitro groups is 1. The summed E-state index contributed by atoms with van der Waals surface area (Å²) in [4.78, 5) is 10.5. The van der Waals surface area contributed by atoms with Gasteiger partial charge in [-0.3, -0.25) is 10.1 Å². The summed E-state index contributed by atoms with van der Waals surface area (Å²) in [5.74, 6) is 0.612. The molecule has 0 saturated heterocycles. The Morgan fingerprint density at radius 1 is 1.20 bits per heavy atom. The van der Waals surface area contributed by atoms with Gasteiger partial charge >= 0.3 is 5.69 Å². The van der Waals surface area contributed by atoms with Gasteiger partial charge in [0.1, 0.15) is 12.4 Å². The molecular formula is C14H12ClNO4. The highest BCUT2D eigenvalue weighted by Crippen LogP contribution is 2.31. The van der Waals surface area contributed by atoms with E-state index in [4.69, 9.17) is 21.1 Å². The number of benzene rings is 2. The van der Waals surface area contributed by atoms with Gasteiger partial charge in [0.15, 0.2) is 5.75 Å². The van der Waals surface area contributed by atoms with Crippen molar-refractivity contribution in [2.45, 2.75) is 6.61 Å². The minimum Gasteiger partial charge on any atom is -0.496 e. The first-order chi connectivity index (χ1) is 9.60. The predicted octanol–water partition coefficient (Wildman–Crippen LogP) is 3.84. The molecule has 0 spiro atoms. The number of hydrogen-bond acceptors (Lipinski definition) is 4. The predicted molar refractivity (Wildman–Crippen MR) is 75.4 cm³/mol. The highest BCUT2D eigenvalue weighted by Gasteiger charge is 2.16. The summed E-state index contributed by atoms with van der Waals surface area (Å²) in [6.45, 7) is 0.227. The van der Waals surface area contributed by atoms with Gasteiger partial charge in [-0.2, -0.15) is 0 Å². The van der Waals surface area contributed by atoms with Crippen LogP contribution in [0.4, 0.5) is 5.69 Å². The van der Waals surface area contributed by atoms with E-state index in [1.807, 2.05) is 0 Å². The number of nitrogens with zero attached hydrogens (tertiary/aromatic N) is 1. The number of ether oxygens (including phenoxy) is 2. The standard InChI is InChI=1S/C14H12ClNO4/c1-19-12-6-7-14(13(8-12)16(17)18)20-9-10-2-4-11(15)5-3-10/h2-8H,9H2,1H3. The van der Waals surface area contributed by atoms with Crippen molar-refractivity contribution < 1.29 is 14.4 Å². The molecule has 0 heterocycles. The number of methoxy groups -OCH3 is 1. The topological polar surface area (TPSA) is 61.6 Å². The van der Waals surface area contributed by atoms with Crippen LogP contribution in [0.1, 0.15) is 5.56 Å². The van der Waals surface area contributed by atoms with Crippen LogP contribution in [0, 0.1) is 10.1 Å². The Hall–Kier alpha value is -2.27. The average molecular weight is 294 g/mol. The van der Waals surface area contributed by atoms with Crippen LogP contribution in [0.15, 0.2) is 42.5 Å². The van der Waals surface area contributed by atoms with Gasteiger partial charge in [0, 0.05) is 5.02 Å². The smallest absolute Gasteiger partial charge is 0.314 e. The molecule has 0 atom stereocenters. The molecule has 5 nitrogen and oxygen atoms in total. The fourth-order valence-corrected chi connectivity index (χ4v) is 1.76. The van der Waals surface area contributed by atoms with E-state index >= 15 is 0 Å². The molecule has 0 bridgehead atoms. The Balaban J connectivity index is 2.16. The summed E-state index contributed by atoms with van der Waals surface area (Å²) >= 11 is 5.78. The normalized spacial score (nSPS) is 10.1. The van der Waals surface area contributed by atoms with Gasteiger partial charge in [-0.15, -0.1) is 0 Å². The van der Waals surface area contributed by atoms with Gasteiger partial charge in [0.05, 0.1) is 18.1 Å². The van der Waals surface area contributed by atoms with Crippen molar-refractivity contribution in [1.82, 2.24) is 0 Å². The first kappa shape index (κ1) is 14.1. The molecule has 0 N–H and O–H groups in total. The van der Waals surface area contributed by atoms with Crippen molar-refractivity contribution in [1.29, 1.82) is 0 Å². The van der Waals surface area contributed by atoms with E-state index < -0.39 is 4.92 Å². The van der Waals surface area contributed by atoms with Crippen LogP contribution in [0.3, 0.4) is 0 Å². The van der Waals surface area contributed by atoms with Crippen LogP contribution in [0.2, 0.25) is 5.02 Å². The molecule has 6 heteroatoms. The molecule has 0 aliphatic carbocycles. The Labute approximate surface area is 120 Å². The zero-order valence-electron chi connectivity index (χ0n) is 10.7. The maximum Gasteiger partial charge on any atom is 0.314 e. The van der Waals surface area contributed by atoms with E-state index in [1.54, 1.807) is 30.3 Å². The molecule has 0 aromatic heterocycles. The van der Waals surface area contributed by atoms with Crippen LogP contribution in [0.25, 0.3) is 0 Å². The number of hydrogen-bond donors (Lipinski definition) is 0. The summed E-state index contributed by atoms with van der Waals surface area (Å²) in [6.07, 6.45) is 0. The van der Waals surface area contributed by atoms with Gasteiger partial charge in [0.2, 0.25) is 0 Å². The van der Waals surface area contributed by atoms with Gasteiger partial charge in [-0.05, 0) is 29.8 Å². The van der Waals surface area contributed by atoms with Crippen molar-refractivity contribution in [3.05, 3.63) is 63.2 Å². The second kappa shape index (κ2) is 6.25. The van der Waals surface area contributed by atoms with Crippen LogP contribution >= 0.6 is 11.6 Å². The molecule has 0 fully saturated rings. The fourth-order valence-electron chi connectivity index (χ4n) is 1.63. The minimum atomic E-state index is -0.500. The Morgan fingerprint density at radius 3 is 2.50 bits per heavy atom. The number of nitro benzene ring substituents is 1. The third-order valence-electron chi connectivity index (χ3n) is 2.67. The van der Waals surface area contributed by atoms with E-state index in [0.29, 0.717) is 10.8 Å². The van der Waals surface area contributed by atoms with E-state index in [9.17, 15) is 10.1 Å². The molecule has 2 aromatic rings. The van der Waals surface area contributed by atoms with Crippen molar-refractivity contribution in [3.63, 3.8) is 0 Å². The van der Waals surface area contributed by atoms with Gasteiger partial charge in [0.25, 0.3) is 0 Å². The summed E-state index contributed by atoms with van der Waals surface area (Å²) in [7, 11) is 1.45. The molecule has 2 aromatic carbocycles. The molecule has 0 saturated carbocycles. The summed E-state index contributed by atoms with van der Waals surface area (Å²) < 4.78 is 10.4. The molecule has 0 aliphatic heterocycles. The van der Waals surface area contributed by atoms with Crippen LogP contribution in [-0.4, -0.2) is 12.0 Å². The molecule has 104 valence electrons. The first-order valence-electron chi connectivity index (χ1n) is 5.80.